The number of aromatic nitrogens is 2. The highest BCUT2D eigenvalue weighted by atomic mass is 32.2. The minimum atomic E-state index is -3.81. The Kier molecular flexibility index (Phi) is 6.91. The fraction of sp³-hybridized carbons (Fsp3) is 0.214. The van der Waals surface area contributed by atoms with Crippen LogP contribution in [0.5, 0.6) is 0 Å². The van der Waals surface area contributed by atoms with Gasteiger partial charge < -0.3 is 14.3 Å². The number of sulfonamides is 1. The third kappa shape index (κ3) is 5.63. The van der Waals surface area contributed by atoms with E-state index in [1.54, 1.807) is 24.5 Å². The second-order valence-corrected chi connectivity index (χ2v) is 10.4. The van der Waals surface area contributed by atoms with Crippen LogP contribution in [0.3, 0.4) is 0 Å². The van der Waals surface area contributed by atoms with Crippen LogP contribution in [0.2, 0.25) is 0 Å². The average molecular weight is 516 g/mol. The van der Waals surface area contributed by atoms with Gasteiger partial charge >= 0.3 is 0 Å². The summed E-state index contributed by atoms with van der Waals surface area (Å²) in [7, 11) is -3.81. The number of rotatable bonds is 5. The SMILES string of the molecule is NS(=O)(=O)c1ccc(-c2oc(C#CCc3cncc(C4(O)CCOCC4)c3)nc2-c2ccccc2)cc1. The van der Waals surface area contributed by atoms with Crippen molar-refractivity contribution in [1.29, 1.82) is 0 Å². The number of hydrogen-bond donors (Lipinski definition) is 2. The van der Waals surface area contributed by atoms with Crippen LogP contribution in [0.15, 0.2) is 82.4 Å². The molecule has 5 rings (SSSR count). The van der Waals surface area contributed by atoms with Gasteiger partial charge in [-0.05, 0) is 41.8 Å². The summed E-state index contributed by atoms with van der Waals surface area (Å²) >= 11 is 0. The summed E-state index contributed by atoms with van der Waals surface area (Å²) in [4.78, 5) is 8.91. The quantitative estimate of drug-likeness (QED) is 0.388. The zero-order chi connectivity index (χ0) is 25.9. The van der Waals surface area contributed by atoms with Gasteiger partial charge in [-0.25, -0.2) is 18.5 Å². The van der Waals surface area contributed by atoms with Gasteiger partial charge in [-0.1, -0.05) is 36.3 Å². The van der Waals surface area contributed by atoms with Gasteiger partial charge in [0, 0.05) is 61.6 Å². The Morgan fingerprint density at radius 1 is 1.00 bits per heavy atom. The number of hydrogen-bond acceptors (Lipinski definition) is 7. The largest absolute Gasteiger partial charge is 0.429 e. The first-order valence-electron chi connectivity index (χ1n) is 11.7. The Hall–Kier alpha value is -3.81. The minimum Gasteiger partial charge on any atom is -0.429 e. The first-order valence-corrected chi connectivity index (χ1v) is 13.3. The van der Waals surface area contributed by atoms with Gasteiger partial charge in [0.25, 0.3) is 5.89 Å². The van der Waals surface area contributed by atoms with Crippen molar-refractivity contribution in [3.05, 3.63) is 90.1 Å². The van der Waals surface area contributed by atoms with Gasteiger partial charge in [0.15, 0.2) is 5.76 Å². The van der Waals surface area contributed by atoms with Crippen LogP contribution in [0.4, 0.5) is 0 Å². The van der Waals surface area contributed by atoms with Crippen LogP contribution in [-0.2, 0) is 26.8 Å². The molecule has 0 amide bonds. The number of primary sulfonamides is 1. The Morgan fingerprint density at radius 3 is 2.43 bits per heavy atom. The summed E-state index contributed by atoms with van der Waals surface area (Å²) in [5.74, 6) is 6.78. The van der Waals surface area contributed by atoms with E-state index in [0.717, 1.165) is 16.7 Å². The van der Waals surface area contributed by atoms with Crippen LogP contribution in [0.1, 0.15) is 29.9 Å². The molecule has 3 N–H and O–H groups in total. The van der Waals surface area contributed by atoms with E-state index < -0.39 is 15.6 Å². The van der Waals surface area contributed by atoms with Crippen LogP contribution in [0.25, 0.3) is 22.6 Å². The lowest BCUT2D eigenvalue weighted by Crippen LogP contribution is -2.33. The summed E-state index contributed by atoms with van der Waals surface area (Å²) in [5, 5.41) is 16.2. The van der Waals surface area contributed by atoms with E-state index in [1.807, 2.05) is 36.4 Å². The highest BCUT2D eigenvalue weighted by molar-refractivity contribution is 7.89. The topological polar surface area (TPSA) is 129 Å². The fourth-order valence-corrected chi connectivity index (χ4v) is 4.73. The zero-order valence-electron chi connectivity index (χ0n) is 19.9. The molecule has 0 radical (unpaired) electrons. The van der Waals surface area contributed by atoms with Crippen LogP contribution >= 0.6 is 0 Å². The van der Waals surface area contributed by atoms with Crippen LogP contribution in [0, 0.1) is 11.8 Å². The van der Waals surface area contributed by atoms with E-state index >= 15 is 0 Å². The molecule has 0 saturated carbocycles. The van der Waals surface area contributed by atoms with Gasteiger partial charge in [-0.15, -0.1) is 0 Å². The normalized spacial score (nSPS) is 15.1. The smallest absolute Gasteiger partial charge is 0.274 e. The summed E-state index contributed by atoms with van der Waals surface area (Å²) in [5.41, 5.74) is 2.79. The Balaban J connectivity index is 1.43. The molecule has 2 aromatic carbocycles. The van der Waals surface area contributed by atoms with Crippen LogP contribution in [-0.4, -0.2) is 36.7 Å². The van der Waals surface area contributed by atoms with E-state index in [0.29, 0.717) is 49.5 Å². The van der Waals surface area contributed by atoms with Crippen molar-refractivity contribution >= 4 is 10.0 Å². The van der Waals surface area contributed by atoms with Gasteiger partial charge in [0.05, 0.1) is 10.5 Å². The lowest BCUT2D eigenvalue weighted by Gasteiger charge is -2.32. The number of benzene rings is 2. The molecule has 1 fully saturated rings. The number of pyridine rings is 1. The van der Waals surface area contributed by atoms with Gasteiger partial charge in [0.1, 0.15) is 5.69 Å². The van der Waals surface area contributed by atoms with Crippen molar-refractivity contribution in [3.8, 4) is 34.4 Å². The molecule has 0 atom stereocenters. The molecule has 1 aliphatic rings. The van der Waals surface area contributed by atoms with Crippen molar-refractivity contribution < 1.29 is 22.7 Å². The molecular formula is C28H25N3O5S. The lowest BCUT2D eigenvalue weighted by atomic mass is 9.87. The zero-order valence-corrected chi connectivity index (χ0v) is 20.7. The van der Waals surface area contributed by atoms with Crippen molar-refractivity contribution in [2.75, 3.05) is 13.2 Å². The first kappa shape index (κ1) is 24.9. The molecule has 0 unspecified atom stereocenters. The van der Waals surface area contributed by atoms with Crippen molar-refractivity contribution in [1.82, 2.24) is 9.97 Å². The second kappa shape index (κ2) is 10.3. The maximum absolute atomic E-state index is 11.6. The summed E-state index contributed by atoms with van der Waals surface area (Å²) in [6, 6.07) is 17.6. The van der Waals surface area contributed by atoms with Gasteiger partial charge in [-0.2, -0.15) is 0 Å². The molecule has 8 nitrogen and oxygen atoms in total. The van der Waals surface area contributed by atoms with E-state index in [9.17, 15) is 13.5 Å². The molecule has 1 aliphatic heterocycles. The number of aliphatic hydroxyl groups is 1. The summed E-state index contributed by atoms with van der Waals surface area (Å²) < 4.78 is 34.7. The predicted molar refractivity (Wildman–Crippen MR) is 138 cm³/mol. The molecule has 3 heterocycles. The molecule has 1 saturated heterocycles. The maximum atomic E-state index is 11.6. The Bertz CT molecular complexity index is 1560. The molecule has 0 aliphatic carbocycles. The first-order chi connectivity index (χ1) is 17.8. The highest BCUT2D eigenvalue weighted by Crippen LogP contribution is 2.33. The van der Waals surface area contributed by atoms with Gasteiger partial charge in [-0.3, -0.25) is 4.98 Å². The van der Waals surface area contributed by atoms with Crippen LogP contribution < -0.4 is 5.14 Å². The Labute approximate surface area is 215 Å². The van der Waals surface area contributed by atoms with Crippen molar-refractivity contribution in [2.45, 2.75) is 29.8 Å². The third-order valence-corrected chi connectivity index (χ3v) is 7.19. The van der Waals surface area contributed by atoms with E-state index in [1.165, 1.54) is 12.1 Å². The lowest BCUT2D eigenvalue weighted by molar-refractivity contribution is -0.0681. The Morgan fingerprint density at radius 2 is 1.73 bits per heavy atom. The molecule has 4 aromatic rings. The number of ether oxygens (including phenoxy) is 1. The molecule has 0 spiro atoms. The molecule has 188 valence electrons. The highest BCUT2D eigenvalue weighted by Gasteiger charge is 2.32. The standard InChI is InChI=1S/C28H25N3O5S/c29-37(33,34)24-11-9-22(10-12-24)27-26(21-6-2-1-3-7-21)31-25(36-27)8-4-5-20-17-23(19-30-18-20)28(32)13-15-35-16-14-28/h1-3,6-7,9-12,17-19,32H,5,13-16H2,(H2,29,33,34). The molecule has 9 heteroatoms. The third-order valence-electron chi connectivity index (χ3n) is 6.26. The van der Waals surface area contributed by atoms with E-state index in [4.69, 9.17) is 14.3 Å². The minimum absolute atomic E-state index is 0.0123. The number of nitrogens with zero attached hydrogens (tertiary/aromatic N) is 2. The molecule has 37 heavy (non-hydrogen) atoms. The monoisotopic (exact) mass is 515 g/mol. The molecule has 2 aromatic heterocycles. The summed E-state index contributed by atoms with van der Waals surface area (Å²) in [6.45, 7) is 1.03. The van der Waals surface area contributed by atoms with Crippen molar-refractivity contribution in [3.63, 3.8) is 0 Å². The maximum Gasteiger partial charge on any atom is 0.274 e. The number of nitrogens with two attached hydrogens (primary N) is 1. The average Bonchev–Trinajstić information content (AvgIpc) is 3.34. The summed E-state index contributed by atoms with van der Waals surface area (Å²) in [6.07, 6.45) is 4.88. The number of oxazole rings is 1. The van der Waals surface area contributed by atoms with E-state index in [-0.39, 0.29) is 10.8 Å². The van der Waals surface area contributed by atoms with E-state index in [2.05, 4.69) is 21.8 Å². The van der Waals surface area contributed by atoms with Gasteiger partial charge in [0.2, 0.25) is 10.0 Å². The second-order valence-electron chi connectivity index (χ2n) is 8.84. The fourth-order valence-electron chi connectivity index (χ4n) is 4.22. The predicted octanol–water partition coefficient (Wildman–Crippen LogP) is 3.64. The molecule has 0 bridgehead atoms. The molecular weight excluding hydrogens is 490 g/mol. The van der Waals surface area contributed by atoms with Crippen molar-refractivity contribution in [2.24, 2.45) is 5.14 Å².